The van der Waals surface area contributed by atoms with E-state index in [1.807, 2.05) is 37.5 Å². The maximum absolute atomic E-state index is 10.5. The Morgan fingerprint density at radius 2 is 2.03 bits per heavy atom. The Hall–Kier alpha value is -2.13. The van der Waals surface area contributed by atoms with E-state index in [2.05, 4.69) is 31.7 Å². The average Bonchev–Trinajstić information content (AvgIpc) is 3.18. The van der Waals surface area contributed by atoms with Crippen LogP contribution in [0.25, 0.3) is 0 Å². The van der Waals surface area contributed by atoms with Gasteiger partial charge in [-0.05, 0) is 33.0 Å². The van der Waals surface area contributed by atoms with Gasteiger partial charge in [-0.3, -0.25) is 4.90 Å². The molecule has 1 aromatic heterocycles. The number of piperazine rings is 1. The number of nitrogens with one attached hydrogen (secondary N) is 1. The van der Waals surface area contributed by atoms with Crippen LogP contribution in [0.3, 0.4) is 0 Å². The van der Waals surface area contributed by atoms with E-state index < -0.39 is 6.10 Å². The van der Waals surface area contributed by atoms with Crippen molar-refractivity contribution in [1.82, 2.24) is 24.7 Å². The van der Waals surface area contributed by atoms with E-state index in [0.717, 1.165) is 68.6 Å². The molecule has 8 heteroatoms. The van der Waals surface area contributed by atoms with Crippen LogP contribution in [0, 0.1) is 6.92 Å². The molecule has 2 aromatic rings. The molecule has 0 bridgehead atoms. The van der Waals surface area contributed by atoms with Crippen LogP contribution in [-0.2, 0) is 13.1 Å². The molecular weight excluding hydrogens is 394 g/mol. The summed E-state index contributed by atoms with van der Waals surface area (Å²) in [6.45, 7) is 9.54. The predicted octanol–water partition coefficient (Wildman–Crippen LogP) is 1.37. The Morgan fingerprint density at radius 3 is 2.74 bits per heavy atom. The highest BCUT2D eigenvalue weighted by molar-refractivity contribution is 5.40. The lowest BCUT2D eigenvalue weighted by molar-refractivity contribution is 0.0501. The largest absolute Gasteiger partial charge is 0.497 e. The van der Waals surface area contributed by atoms with Crippen molar-refractivity contribution in [2.24, 2.45) is 0 Å². The molecule has 0 unspecified atom stereocenters. The van der Waals surface area contributed by atoms with Gasteiger partial charge in [0.1, 0.15) is 30.0 Å². The summed E-state index contributed by atoms with van der Waals surface area (Å²) in [7, 11) is 3.78. The van der Waals surface area contributed by atoms with E-state index in [1.165, 1.54) is 0 Å². The van der Waals surface area contributed by atoms with Gasteiger partial charge >= 0.3 is 0 Å². The molecule has 2 N–H and O–H groups in total. The quantitative estimate of drug-likeness (QED) is 0.492. The van der Waals surface area contributed by atoms with Crippen molar-refractivity contribution in [1.29, 1.82) is 0 Å². The summed E-state index contributed by atoms with van der Waals surface area (Å²) in [6.07, 6.45) is 4.35. The molecule has 1 saturated heterocycles. The van der Waals surface area contributed by atoms with Crippen molar-refractivity contribution in [2.75, 3.05) is 60.0 Å². The zero-order valence-corrected chi connectivity index (χ0v) is 19.1. The van der Waals surface area contributed by atoms with Crippen LogP contribution in [0.5, 0.6) is 11.5 Å². The van der Waals surface area contributed by atoms with E-state index in [1.54, 1.807) is 7.11 Å². The Labute approximate surface area is 185 Å². The highest BCUT2D eigenvalue weighted by atomic mass is 16.5. The molecule has 1 aliphatic rings. The minimum atomic E-state index is -0.520. The summed E-state index contributed by atoms with van der Waals surface area (Å²) >= 11 is 0. The van der Waals surface area contributed by atoms with Crippen molar-refractivity contribution in [3.8, 4) is 11.5 Å². The van der Waals surface area contributed by atoms with Crippen molar-refractivity contribution in [2.45, 2.75) is 32.5 Å². The van der Waals surface area contributed by atoms with Crippen molar-refractivity contribution < 1.29 is 14.6 Å². The van der Waals surface area contributed by atoms with Crippen molar-refractivity contribution in [3.05, 3.63) is 42.0 Å². The number of aromatic nitrogens is 2. The van der Waals surface area contributed by atoms with Crippen molar-refractivity contribution in [3.63, 3.8) is 0 Å². The van der Waals surface area contributed by atoms with E-state index in [9.17, 15) is 5.11 Å². The highest BCUT2D eigenvalue weighted by Crippen LogP contribution is 2.25. The van der Waals surface area contributed by atoms with Crippen LogP contribution in [0.2, 0.25) is 0 Å². The standard InChI is InChI=1S/C23H37N5O3/c1-19-25-8-10-28(19)9-4-7-24-16-20-5-6-22(30-3)15-23(20)31-18-21(29)17-27-13-11-26(2)12-14-27/h5-6,8,10,15,21,24,29H,4,7,9,11-14,16-18H2,1-3H3/t21-/m0/s1. The number of aliphatic hydroxyl groups excluding tert-OH is 1. The molecule has 3 rings (SSSR count). The zero-order valence-electron chi connectivity index (χ0n) is 19.1. The minimum Gasteiger partial charge on any atom is -0.497 e. The summed E-state index contributed by atoms with van der Waals surface area (Å²) < 4.78 is 13.5. The van der Waals surface area contributed by atoms with E-state index in [0.29, 0.717) is 13.1 Å². The van der Waals surface area contributed by atoms with Gasteiger partial charge in [0.25, 0.3) is 0 Å². The first-order valence-corrected chi connectivity index (χ1v) is 11.1. The third-order valence-electron chi connectivity index (χ3n) is 5.76. The molecule has 1 atom stereocenters. The first kappa shape index (κ1) is 23.5. The first-order chi connectivity index (χ1) is 15.0. The number of aliphatic hydroxyl groups is 1. The van der Waals surface area contributed by atoms with Gasteiger partial charge in [0.2, 0.25) is 0 Å². The summed E-state index contributed by atoms with van der Waals surface area (Å²) in [6, 6.07) is 5.86. The molecule has 31 heavy (non-hydrogen) atoms. The fourth-order valence-corrected chi connectivity index (χ4v) is 3.75. The number of β-amino-alcohol motifs (C(OH)–C–C–N with tert-alkyl or cyclic N) is 1. The zero-order chi connectivity index (χ0) is 22.1. The lowest BCUT2D eigenvalue weighted by Crippen LogP contribution is -2.47. The maximum atomic E-state index is 10.5. The number of imidazole rings is 1. The molecule has 1 aromatic carbocycles. The van der Waals surface area contributed by atoms with Gasteiger partial charge in [0.05, 0.1) is 7.11 Å². The second kappa shape index (κ2) is 12.0. The number of hydrogen-bond donors (Lipinski definition) is 2. The number of likely N-dealkylation sites (N-methyl/N-ethyl adjacent to an activating group) is 1. The fourth-order valence-electron chi connectivity index (χ4n) is 3.75. The van der Waals surface area contributed by atoms with Crippen LogP contribution in [0.15, 0.2) is 30.6 Å². The van der Waals surface area contributed by atoms with Crippen LogP contribution in [-0.4, -0.2) is 90.6 Å². The fraction of sp³-hybridized carbons (Fsp3) is 0.609. The van der Waals surface area contributed by atoms with Gasteiger partial charge in [-0.1, -0.05) is 6.07 Å². The summed E-state index contributed by atoms with van der Waals surface area (Å²) in [5.41, 5.74) is 1.06. The molecule has 0 saturated carbocycles. The first-order valence-electron chi connectivity index (χ1n) is 11.1. The van der Waals surface area contributed by atoms with Crippen molar-refractivity contribution >= 4 is 0 Å². The number of hydrogen-bond acceptors (Lipinski definition) is 7. The van der Waals surface area contributed by atoms with Gasteiger partial charge in [-0.2, -0.15) is 0 Å². The number of nitrogens with zero attached hydrogens (tertiary/aromatic N) is 4. The molecule has 0 amide bonds. The van der Waals surface area contributed by atoms with E-state index in [-0.39, 0.29) is 6.61 Å². The summed E-state index contributed by atoms with van der Waals surface area (Å²) in [5, 5.41) is 14.0. The average molecular weight is 432 g/mol. The van der Waals surface area contributed by atoms with E-state index in [4.69, 9.17) is 9.47 Å². The Bertz CT molecular complexity index is 789. The predicted molar refractivity (Wildman–Crippen MR) is 122 cm³/mol. The van der Waals surface area contributed by atoms with Gasteiger partial charge in [0, 0.05) is 69.8 Å². The monoisotopic (exact) mass is 431 g/mol. The number of methoxy groups -OCH3 is 1. The lowest BCUT2D eigenvalue weighted by Gasteiger charge is -2.33. The molecule has 0 spiro atoms. The molecule has 0 aliphatic carbocycles. The SMILES string of the molecule is COc1ccc(CNCCCn2ccnc2C)c(OC[C@@H](O)CN2CCN(C)CC2)c1. The number of rotatable bonds is 12. The van der Waals surface area contributed by atoms with Gasteiger partial charge in [0.15, 0.2) is 0 Å². The summed E-state index contributed by atoms with van der Waals surface area (Å²) in [5.74, 6) is 2.55. The van der Waals surface area contributed by atoms with E-state index >= 15 is 0 Å². The lowest BCUT2D eigenvalue weighted by atomic mass is 10.2. The van der Waals surface area contributed by atoms with Gasteiger partial charge < -0.3 is 29.4 Å². The van der Waals surface area contributed by atoms with Crippen LogP contribution < -0.4 is 14.8 Å². The third-order valence-corrected chi connectivity index (χ3v) is 5.76. The third kappa shape index (κ3) is 7.50. The van der Waals surface area contributed by atoms with Crippen LogP contribution >= 0.6 is 0 Å². The Balaban J connectivity index is 1.45. The molecule has 2 heterocycles. The maximum Gasteiger partial charge on any atom is 0.127 e. The molecule has 0 radical (unpaired) electrons. The molecule has 8 nitrogen and oxygen atoms in total. The second-order valence-electron chi connectivity index (χ2n) is 8.24. The summed E-state index contributed by atoms with van der Waals surface area (Å²) in [4.78, 5) is 8.86. The normalized spacial score (nSPS) is 16.4. The van der Waals surface area contributed by atoms with Gasteiger partial charge in [-0.25, -0.2) is 4.98 Å². The smallest absolute Gasteiger partial charge is 0.127 e. The number of benzene rings is 1. The number of aryl methyl sites for hydroxylation is 2. The highest BCUT2D eigenvalue weighted by Gasteiger charge is 2.18. The second-order valence-corrected chi connectivity index (χ2v) is 8.24. The van der Waals surface area contributed by atoms with Crippen LogP contribution in [0.1, 0.15) is 17.8 Å². The van der Waals surface area contributed by atoms with Gasteiger partial charge in [-0.15, -0.1) is 0 Å². The van der Waals surface area contributed by atoms with Crippen LogP contribution in [0.4, 0.5) is 0 Å². The molecule has 172 valence electrons. The Morgan fingerprint density at radius 1 is 1.23 bits per heavy atom. The molecular formula is C23H37N5O3. The molecule has 1 aliphatic heterocycles. The molecule has 1 fully saturated rings. The topological polar surface area (TPSA) is 75.0 Å². The Kier molecular flexibility index (Phi) is 9.14. The minimum absolute atomic E-state index is 0.270. The number of ether oxygens (including phenoxy) is 2.